The van der Waals surface area contributed by atoms with Crippen molar-refractivity contribution in [3.63, 3.8) is 0 Å². The molecule has 36 heavy (non-hydrogen) atoms. The van der Waals surface area contributed by atoms with Crippen LogP contribution in [0, 0.1) is 0 Å². The molecule has 1 N–H and O–H groups in total. The molecule has 0 bridgehead atoms. The first-order valence-electron chi connectivity index (χ1n) is 12.5. The largest absolute Gasteiger partial charge is 0.355 e. The Bertz CT molecular complexity index is 2270. The minimum atomic E-state index is 1.10. The summed E-state index contributed by atoms with van der Waals surface area (Å²) in [5.41, 5.74) is 6.05. The number of hydrogen-bond donors (Lipinski definition) is 1. The highest BCUT2D eigenvalue weighted by Gasteiger charge is 2.17. The average Bonchev–Trinajstić information content (AvgIpc) is 3.44. The van der Waals surface area contributed by atoms with Gasteiger partial charge in [0.15, 0.2) is 0 Å². The molecular formula is C34H20N2. The summed E-state index contributed by atoms with van der Waals surface area (Å²) in [7, 11) is 0. The van der Waals surface area contributed by atoms with Crippen LogP contribution in [-0.2, 0) is 0 Å². The fourth-order valence-electron chi connectivity index (χ4n) is 6.51. The van der Waals surface area contributed by atoms with Gasteiger partial charge in [0, 0.05) is 38.3 Å². The maximum Gasteiger partial charge on any atom is 0.0620 e. The molecule has 0 radical (unpaired) electrons. The highest BCUT2D eigenvalue weighted by molar-refractivity contribution is 6.26. The van der Waals surface area contributed by atoms with Crippen LogP contribution in [0.25, 0.3) is 70.4 Å². The van der Waals surface area contributed by atoms with Crippen molar-refractivity contribution in [3.8, 4) is 0 Å². The van der Waals surface area contributed by atoms with Gasteiger partial charge in [-0.05, 0) is 51.2 Å². The molecule has 0 saturated heterocycles. The Balaban J connectivity index is 1.30. The first-order chi connectivity index (χ1) is 17.8. The van der Waals surface area contributed by atoms with Gasteiger partial charge < -0.3 is 9.72 Å². The van der Waals surface area contributed by atoms with E-state index in [0.29, 0.717) is 0 Å². The molecule has 0 aliphatic rings. The maximum atomic E-state index is 3.77. The predicted octanol–water partition coefficient (Wildman–Crippen LogP) is 9.48. The van der Waals surface area contributed by atoms with Gasteiger partial charge in [-0.15, -0.1) is 0 Å². The number of benzene rings is 7. The van der Waals surface area contributed by atoms with Crippen LogP contribution in [0.5, 0.6) is 0 Å². The fourth-order valence-corrected chi connectivity index (χ4v) is 6.51. The molecule has 166 valence electrons. The second-order valence-corrected chi connectivity index (χ2v) is 9.88. The molecular weight excluding hydrogens is 436 g/mol. The van der Waals surface area contributed by atoms with E-state index in [-0.39, 0.29) is 0 Å². The van der Waals surface area contributed by atoms with Crippen LogP contribution < -0.4 is 5.32 Å². The highest BCUT2D eigenvalue weighted by atomic mass is 14.9. The lowest BCUT2D eigenvalue weighted by Gasteiger charge is -2.15. The molecule has 0 aliphatic carbocycles. The number of aromatic nitrogens is 1. The van der Waals surface area contributed by atoms with Gasteiger partial charge in [-0.3, -0.25) is 0 Å². The Morgan fingerprint density at radius 3 is 1.94 bits per heavy atom. The summed E-state index contributed by atoms with van der Waals surface area (Å²) in [6.07, 6.45) is 0. The van der Waals surface area contributed by atoms with E-state index in [4.69, 9.17) is 0 Å². The Hall–Kier alpha value is -4.82. The molecule has 2 aromatic heterocycles. The second-order valence-electron chi connectivity index (χ2n) is 9.88. The zero-order chi connectivity index (χ0) is 23.4. The summed E-state index contributed by atoms with van der Waals surface area (Å²) >= 11 is 0. The number of para-hydroxylation sites is 2. The Kier molecular flexibility index (Phi) is 3.31. The summed E-state index contributed by atoms with van der Waals surface area (Å²) in [5.74, 6) is 0. The zero-order valence-electron chi connectivity index (χ0n) is 19.4. The Morgan fingerprint density at radius 2 is 1.08 bits per heavy atom. The van der Waals surface area contributed by atoms with E-state index in [0.717, 1.165) is 11.4 Å². The molecule has 0 amide bonds. The molecule has 2 heterocycles. The van der Waals surface area contributed by atoms with Gasteiger partial charge >= 0.3 is 0 Å². The molecule has 2 nitrogen and oxygen atoms in total. The van der Waals surface area contributed by atoms with Crippen molar-refractivity contribution in [2.24, 2.45) is 0 Å². The lowest BCUT2D eigenvalue weighted by Crippen LogP contribution is -1.93. The monoisotopic (exact) mass is 456 g/mol. The van der Waals surface area contributed by atoms with Crippen molar-refractivity contribution in [2.75, 3.05) is 5.32 Å². The minimum Gasteiger partial charge on any atom is -0.355 e. The number of anilines is 2. The maximum absolute atomic E-state index is 3.77. The van der Waals surface area contributed by atoms with Crippen molar-refractivity contribution < 1.29 is 0 Å². The van der Waals surface area contributed by atoms with Crippen LogP contribution in [0.2, 0.25) is 0 Å². The molecule has 7 aromatic carbocycles. The summed E-state index contributed by atoms with van der Waals surface area (Å²) in [5, 5.41) is 16.8. The smallest absolute Gasteiger partial charge is 0.0620 e. The van der Waals surface area contributed by atoms with Crippen LogP contribution >= 0.6 is 0 Å². The van der Waals surface area contributed by atoms with Crippen LogP contribution in [0.4, 0.5) is 11.4 Å². The minimum absolute atomic E-state index is 1.10. The first kappa shape index (κ1) is 18.5. The number of rotatable bonds is 2. The van der Waals surface area contributed by atoms with E-state index in [1.54, 1.807) is 0 Å². The third-order valence-electron chi connectivity index (χ3n) is 8.03. The quantitative estimate of drug-likeness (QED) is 0.256. The summed E-state index contributed by atoms with van der Waals surface area (Å²) in [6.45, 7) is 0. The van der Waals surface area contributed by atoms with Gasteiger partial charge in [0.25, 0.3) is 0 Å². The van der Waals surface area contributed by atoms with E-state index in [9.17, 15) is 0 Å². The number of fused-ring (bicyclic) bond motifs is 6. The number of nitrogens with zero attached hydrogens (tertiary/aromatic N) is 1. The Labute approximate surface area is 206 Å². The van der Waals surface area contributed by atoms with Crippen molar-refractivity contribution in [3.05, 3.63) is 115 Å². The molecule has 0 fully saturated rings. The van der Waals surface area contributed by atoms with Crippen LogP contribution in [0.3, 0.4) is 0 Å². The topological polar surface area (TPSA) is 16.4 Å². The highest BCUT2D eigenvalue weighted by Crippen LogP contribution is 2.41. The second kappa shape index (κ2) is 6.44. The Morgan fingerprint density at radius 1 is 0.444 bits per heavy atom. The SMILES string of the molecule is c1cc2ccc3ccc(Nc4ccc5c6cccc7c8ccccc8n(c5c4)c76)c4ccc(c1)c2c34. The van der Waals surface area contributed by atoms with E-state index in [1.807, 2.05) is 0 Å². The van der Waals surface area contributed by atoms with Gasteiger partial charge in [0.1, 0.15) is 0 Å². The van der Waals surface area contributed by atoms with Crippen molar-refractivity contribution in [1.82, 2.24) is 4.40 Å². The molecule has 9 rings (SSSR count). The fraction of sp³-hybridized carbons (Fsp3) is 0. The third-order valence-corrected chi connectivity index (χ3v) is 8.03. The normalized spacial score (nSPS) is 12.4. The lowest BCUT2D eigenvalue weighted by atomic mass is 9.93. The molecule has 2 heteroatoms. The zero-order valence-corrected chi connectivity index (χ0v) is 19.4. The first-order valence-corrected chi connectivity index (χ1v) is 12.5. The van der Waals surface area contributed by atoms with Gasteiger partial charge in [0.2, 0.25) is 0 Å². The molecule has 0 spiro atoms. The van der Waals surface area contributed by atoms with Gasteiger partial charge in [-0.1, -0.05) is 91.0 Å². The van der Waals surface area contributed by atoms with Crippen molar-refractivity contribution >= 4 is 81.8 Å². The number of nitrogens with one attached hydrogen (secondary N) is 1. The predicted molar refractivity (Wildman–Crippen MR) is 155 cm³/mol. The average molecular weight is 457 g/mol. The standard InChI is InChI=1S/C34H20N2/c1-2-10-30-24(7-1)26-8-4-9-27-25-17-15-23(19-31(25)36(30)34(26)27)35-29-18-14-22-12-11-20-5-3-6-21-13-16-28(29)33(22)32(20)21/h1-19,35H. The van der Waals surface area contributed by atoms with Crippen molar-refractivity contribution in [1.29, 1.82) is 0 Å². The molecule has 9 aromatic rings. The summed E-state index contributed by atoms with van der Waals surface area (Å²) < 4.78 is 2.44. The van der Waals surface area contributed by atoms with Gasteiger partial charge in [-0.25, -0.2) is 0 Å². The van der Waals surface area contributed by atoms with Gasteiger partial charge in [-0.2, -0.15) is 0 Å². The van der Waals surface area contributed by atoms with Crippen LogP contribution in [0.1, 0.15) is 0 Å². The lowest BCUT2D eigenvalue weighted by molar-refractivity contribution is 1.37. The van der Waals surface area contributed by atoms with E-state index in [2.05, 4.69) is 125 Å². The van der Waals surface area contributed by atoms with Crippen LogP contribution in [-0.4, -0.2) is 4.40 Å². The van der Waals surface area contributed by atoms with E-state index >= 15 is 0 Å². The number of hydrogen-bond acceptors (Lipinski definition) is 1. The molecule has 0 unspecified atom stereocenters. The molecule has 0 atom stereocenters. The molecule has 0 saturated carbocycles. The summed E-state index contributed by atoms with van der Waals surface area (Å²) in [6, 6.07) is 42.2. The van der Waals surface area contributed by atoms with Crippen molar-refractivity contribution in [2.45, 2.75) is 0 Å². The van der Waals surface area contributed by atoms with Crippen LogP contribution in [0.15, 0.2) is 115 Å². The summed E-state index contributed by atoms with van der Waals surface area (Å²) in [4.78, 5) is 0. The van der Waals surface area contributed by atoms with Gasteiger partial charge in [0.05, 0.1) is 16.6 Å². The molecule has 0 aliphatic heterocycles. The third kappa shape index (κ3) is 2.22. The van der Waals surface area contributed by atoms with E-state index < -0.39 is 0 Å². The van der Waals surface area contributed by atoms with E-state index in [1.165, 1.54) is 70.4 Å².